The van der Waals surface area contributed by atoms with E-state index in [2.05, 4.69) is 83.1 Å². The second-order valence-electron chi connectivity index (χ2n) is 17.4. The Bertz CT molecular complexity index is 1510. The molecule has 0 amide bonds. The van der Waals surface area contributed by atoms with Crippen LogP contribution in [-0.4, -0.2) is 11.9 Å². The maximum Gasteiger partial charge on any atom is 2.00 e. The molecular weight excluding hydrogens is 791 g/mol. The van der Waals surface area contributed by atoms with Crippen LogP contribution in [0.2, 0.25) is 0 Å². The van der Waals surface area contributed by atoms with E-state index in [-0.39, 0.29) is 28.0 Å². The second-order valence-corrected chi connectivity index (χ2v) is 17.4. The average molecular weight is 880 g/mol. The third-order valence-corrected chi connectivity index (χ3v) is 11.8. The zero-order valence-corrected chi connectivity index (χ0v) is 40.8. The first-order valence-electron chi connectivity index (χ1n) is 25.2. The summed E-state index contributed by atoms with van der Waals surface area (Å²) in [6, 6.07) is 20.9. The molecule has 0 fully saturated rings. The van der Waals surface area contributed by atoms with Gasteiger partial charge in [-0.3, -0.25) is 9.98 Å². The van der Waals surface area contributed by atoms with Crippen LogP contribution in [0.5, 0.6) is 11.5 Å². The van der Waals surface area contributed by atoms with Crippen LogP contribution in [0, 0.1) is 0 Å². The Labute approximate surface area is 386 Å². The fraction of sp³-hybridized carbons (Fsp3) is 0.643. The molecule has 0 N–H and O–H groups in total. The fourth-order valence-electron chi connectivity index (χ4n) is 7.91. The minimum atomic E-state index is -0.359. The smallest absolute Gasteiger partial charge is 0.873 e. The summed E-state index contributed by atoms with van der Waals surface area (Å²) >= 11 is 0. The molecule has 0 spiro atoms. The first-order chi connectivity index (χ1) is 29.4. The Morgan fingerprint density at radius 1 is 0.410 bits per heavy atom. The fourth-order valence-corrected chi connectivity index (χ4v) is 7.91. The van der Waals surface area contributed by atoms with Crippen molar-refractivity contribution in [2.45, 2.75) is 234 Å². The Kier molecular flexibility index (Phi) is 35.6. The first-order valence-corrected chi connectivity index (χ1v) is 25.2. The van der Waals surface area contributed by atoms with Crippen LogP contribution in [-0.2, 0) is 42.2 Å². The molecule has 0 saturated carbocycles. The number of nitrogens with zero attached hydrogens (tertiary/aromatic N) is 2. The van der Waals surface area contributed by atoms with Gasteiger partial charge in [0.1, 0.15) is 0 Å². The quantitative estimate of drug-likeness (QED) is 0.0341. The van der Waals surface area contributed by atoms with E-state index in [1.165, 1.54) is 184 Å². The van der Waals surface area contributed by atoms with E-state index in [1.54, 1.807) is 6.07 Å². The van der Waals surface area contributed by atoms with Gasteiger partial charge in [-0.1, -0.05) is 212 Å². The molecule has 61 heavy (non-hydrogen) atoms. The maximum absolute atomic E-state index is 11.3. The van der Waals surface area contributed by atoms with Crippen LogP contribution in [0.3, 0.4) is 0 Å². The molecule has 0 radical (unpaired) electrons. The molecule has 0 aliphatic rings. The van der Waals surface area contributed by atoms with E-state index in [0.29, 0.717) is 0 Å². The molecule has 0 saturated heterocycles. The summed E-state index contributed by atoms with van der Waals surface area (Å²) in [4.78, 5) is 9.88. The number of hydrogen-bond donors (Lipinski definition) is 0. The van der Waals surface area contributed by atoms with Gasteiger partial charge < -0.3 is 10.2 Å². The summed E-state index contributed by atoms with van der Waals surface area (Å²) in [6.45, 7) is 11.1. The summed E-state index contributed by atoms with van der Waals surface area (Å²) in [5, 5.41) is 22.6. The maximum atomic E-state index is 11.3. The van der Waals surface area contributed by atoms with Crippen molar-refractivity contribution >= 4 is 23.3 Å². The van der Waals surface area contributed by atoms with Crippen LogP contribution >= 0.6 is 0 Å². The van der Waals surface area contributed by atoms with Crippen LogP contribution in [0.1, 0.15) is 230 Å². The molecule has 344 valence electrons. The van der Waals surface area contributed by atoms with E-state index < -0.39 is 0 Å². The summed E-state index contributed by atoms with van der Waals surface area (Å²) in [5.74, 6) is -0.714. The molecule has 0 heterocycles. The average Bonchev–Trinajstić information content (AvgIpc) is 3.26. The van der Waals surface area contributed by atoms with Gasteiger partial charge in [0, 0.05) is 6.21 Å². The normalized spacial score (nSPS) is 11.5. The van der Waals surface area contributed by atoms with Gasteiger partial charge in [-0.25, -0.2) is 0 Å². The van der Waals surface area contributed by atoms with Gasteiger partial charge in [0.25, 0.3) is 0 Å². The monoisotopic (exact) mass is 879 g/mol. The molecule has 0 bridgehead atoms. The van der Waals surface area contributed by atoms with Crippen LogP contribution in [0.4, 0.5) is 11.4 Å². The number of benzene rings is 3. The van der Waals surface area contributed by atoms with Crippen molar-refractivity contribution in [3.8, 4) is 11.5 Å². The van der Waals surface area contributed by atoms with Crippen LogP contribution in [0.25, 0.3) is 0 Å². The Balaban J connectivity index is 0.000000916. The largest absolute Gasteiger partial charge is 2.00 e. The second kappa shape index (κ2) is 38.7. The van der Waals surface area contributed by atoms with Crippen molar-refractivity contribution in [2.24, 2.45) is 9.98 Å². The molecule has 3 rings (SSSR count). The number of hydrogen-bond acceptors (Lipinski definition) is 4. The van der Waals surface area contributed by atoms with Gasteiger partial charge in [-0.15, -0.1) is 11.5 Å². The minimum Gasteiger partial charge on any atom is -0.873 e. The van der Waals surface area contributed by atoms with E-state index in [9.17, 15) is 10.2 Å². The summed E-state index contributed by atoms with van der Waals surface area (Å²) in [6.07, 6.45) is 41.5. The van der Waals surface area contributed by atoms with Gasteiger partial charge in [0.05, 0.1) is 17.1 Å². The molecule has 3 aromatic rings. The predicted octanol–water partition coefficient (Wildman–Crippen LogP) is 16.8. The molecule has 0 aromatic heterocycles. The minimum absolute atomic E-state index is 0. The van der Waals surface area contributed by atoms with Gasteiger partial charge >= 0.3 is 16.5 Å². The number of rotatable bonds is 34. The van der Waals surface area contributed by atoms with E-state index in [0.717, 1.165) is 60.3 Å². The Morgan fingerprint density at radius 2 is 0.770 bits per heavy atom. The van der Waals surface area contributed by atoms with Crippen molar-refractivity contribution in [3.63, 3.8) is 0 Å². The van der Waals surface area contributed by atoms with Gasteiger partial charge in [0.15, 0.2) is 0 Å². The van der Waals surface area contributed by atoms with E-state index >= 15 is 0 Å². The predicted molar refractivity (Wildman–Crippen MR) is 261 cm³/mol. The number of aryl methyl sites for hydroxylation is 4. The zero-order chi connectivity index (χ0) is 43.3. The molecule has 0 aliphatic heterocycles. The van der Waals surface area contributed by atoms with Crippen LogP contribution in [0.15, 0.2) is 70.6 Å². The molecule has 4 nitrogen and oxygen atoms in total. The van der Waals surface area contributed by atoms with Crippen molar-refractivity contribution in [3.05, 3.63) is 82.9 Å². The summed E-state index contributed by atoms with van der Waals surface area (Å²) < 4.78 is 0. The Morgan fingerprint density at radius 3 is 1.21 bits per heavy atom. The SMILES string of the molecule is CCCCCCCCCCCc1ccc(N=CC(CCCCCC)=Nc2ccc(CCCCCCCCCCC)cc2)cc1.CCCCCc1cc([O-])c([O-])cc1CCC.[Ni+2]. The van der Waals surface area contributed by atoms with Crippen molar-refractivity contribution in [1.82, 2.24) is 0 Å². The molecule has 5 heteroatoms. The van der Waals surface area contributed by atoms with E-state index in [4.69, 9.17) is 9.98 Å². The molecule has 0 atom stereocenters. The van der Waals surface area contributed by atoms with Gasteiger partial charge in [-0.05, 0) is 104 Å². The van der Waals surface area contributed by atoms with Crippen LogP contribution < -0.4 is 10.2 Å². The number of unbranched alkanes of at least 4 members (excludes halogenated alkanes) is 21. The zero-order valence-electron chi connectivity index (χ0n) is 39.8. The summed E-state index contributed by atoms with van der Waals surface area (Å²) in [5.41, 5.74) is 8.19. The third kappa shape index (κ3) is 28.4. The van der Waals surface area contributed by atoms with E-state index in [1.807, 2.05) is 6.21 Å². The van der Waals surface area contributed by atoms with Gasteiger partial charge in [0.2, 0.25) is 0 Å². The van der Waals surface area contributed by atoms with Crippen molar-refractivity contribution < 1.29 is 26.7 Å². The Hall–Kier alpha value is -2.91. The first kappa shape index (κ1) is 56.1. The molecule has 0 unspecified atom stereocenters. The van der Waals surface area contributed by atoms with Crippen molar-refractivity contribution in [1.29, 1.82) is 0 Å². The van der Waals surface area contributed by atoms with Gasteiger partial charge in [-0.2, -0.15) is 0 Å². The topological polar surface area (TPSA) is 70.8 Å². The standard InChI is InChI=1S/C42H68N2.C14H22O2.Ni/c1-4-7-10-13-15-17-19-21-23-26-38-29-33-40(34-30-38)43-37-42(28-25-12-9-6-3)44-41-35-31-39(32-36-41)27-24-22-20-18-16-14-11-8-5-2;1-3-5-6-8-12-10-14(16)13(15)9-11(12)7-4-2;/h29-37H,4-28H2,1-3H3;9-10,15-16H,3-8H2,1-2H3;/q;;+2/p-2. The summed E-state index contributed by atoms with van der Waals surface area (Å²) in [7, 11) is 0. The number of aliphatic imine (C=N–C) groups is 2. The van der Waals surface area contributed by atoms with Crippen molar-refractivity contribution in [2.75, 3.05) is 0 Å². The third-order valence-electron chi connectivity index (χ3n) is 11.8. The molecule has 0 aliphatic carbocycles. The molecule has 3 aromatic carbocycles. The molecular formula is C56H88N2NiO2.